The maximum atomic E-state index is 13.1. The van der Waals surface area contributed by atoms with Crippen molar-refractivity contribution in [1.29, 1.82) is 0 Å². The summed E-state index contributed by atoms with van der Waals surface area (Å²) < 4.78 is 71.8. The van der Waals surface area contributed by atoms with Gasteiger partial charge in [0.25, 0.3) is 0 Å². The minimum Gasteiger partial charge on any atom is -0.464 e. The number of ether oxygens (including phenoxy) is 1. The van der Waals surface area contributed by atoms with Crippen molar-refractivity contribution in [3.8, 4) is 0 Å². The minimum atomic E-state index is -4.50. The molecule has 0 N–H and O–H groups in total. The Balaban J connectivity index is 1.70. The maximum Gasteiger partial charge on any atom is 0.416 e. The third kappa shape index (κ3) is 5.61. The van der Waals surface area contributed by atoms with Crippen LogP contribution in [0.4, 0.5) is 13.2 Å². The van der Waals surface area contributed by atoms with E-state index in [0.717, 1.165) is 15.9 Å². The highest BCUT2D eigenvalue weighted by Crippen LogP contribution is 2.32. The molecule has 3 rings (SSSR count). The average Bonchev–Trinajstić information content (AvgIpc) is 2.73. The third-order valence-electron chi connectivity index (χ3n) is 4.92. The molecule has 5 nitrogen and oxygen atoms in total. The maximum absolute atomic E-state index is 13.1. The Morgan fingerprint density at radius 3 is 2.52 bits per heavy atom. The number of carbonyl (C=O) groups is 1. The number of halogens is 3. The van der Waals surface area contributed by atoms with E-state index in [1.165, 1.54) is 42.1 Å². The highest BCUT2D eigenvalue weighted by molar-refractivity contribution is 7.99. The van der Waals surface area contributed by atoms with Crippen LogP contribution in [-0.2, 0) is 32.2 Å². The summed E-state index contributed by atoms with van der Waals surface area (Å²) in [7, 11) is -3.91. The zero-order valence-electron chi connectivity index (χ0n) is 16.8. The van der Waals surface area contributed by atoms with Crippen LogP contribution in [-0.4, -0.2) is 49.4 Å². The van der Waals surface area contributed by atoms with Crippen LogP contribution in [0, 0.1) is 6.92 Å². The molecule has 0 radical (unpaired) electrons. The smallest absolute Gasteiger partial charge is 0.416 e. The van der Waals surface area contributed by atoms with Gasteiger partial charge in [-0.1, -0.05) is 35.9 Å². The quantitative estimate of drug-likeness (QED) is 0.596. The molecule has 1 aliphatic heterocycles. The van der Waals surface area contributed by atoms with E-state index in [1.807, 2.05) is 6.92 Å². The van der Waals surface area contributed by atoms with E-state index in [4.69, 9.17) is 4.74 Å². The first-order chi connectivity index (χ1) is 14.6. The summed E-state index contributed by atoms with van der Waals surface area (Å²) in [6.07, 6.45) is -4.62. The average molecular weight is 474 g/mol. The van der Waals surface area contributed by atoms with E-state index in [-0.39, 0.29) is 35.8 Å². The van der Waals surface area contributed by atoms with Crippen LogP contribution in [0.15, 0.2) is 53.4 Å². The van der Waals surface area contributed by atoms with Crippen LogP contribution < -0.4 is 0 Å². The number of alkyl halides is 3. The molecule has 10 heteroatoms. The van der Waals surface area contributed by atoms with Crippen molar-refractivity contribution in [3.05, 3.63) is 65.2 Å². The van der Waals surface area contributed by atoms with Crippen LogP contribution in [0.2, 0.25) is 0 Å². The molecular formula is C21H22F3NO4S2. The summed E-state index contributed by atoms with van der Waals surface area (Å²) in [6.45, 7) is 1.72. The van der Waals surface area contributed by atoms with Gasteiger partial charge in [-0.3, -0.25) is 4.79 Å². The number of rotatable bonds is 6. The van der Waals surface area contributed by atoms with Gasteiger partial charge < -0.3 is 4.74 Å². The van der Waals surface area contributed by atoms with Crippen molar-refractivity contribution in [2.45, 2.75) is 30.5 Å². The first kappa shape index (κ1) is 23.6. The van der Waals surface area contributed by atoms with Gasteiger partial charge in [0.15, 0.2) is 0 Å². The summed E-state index contributed by atoms with van der Waals surface area (Å²) in [5.41, 5.74) is 0.149. The van der Waals surface area contributed by atoms with Gasteiger partial charge in [0.1, 0.15) is 6.04 Å². The summed E-state index contributed by atoms with van der Waals surface area (Å²) in [5.74, 6) is 0.00375. The Morgan fingerprint density at radius 1 is 1.16 bits per heavy atom. The molecule has 0 amide bonds. The summed E-state index contributed by atoms with van der Waals surface area (Å²) in [6, 6.07) is 10.4. The van der Waals surface area contributed by atoms with Gasteiger partial charge in [-0.15, -0.1) is 0 Å². The van der Waals surface area contributed by atoms with Crippen LogP contribution in [0.5, 0.6) is 0 Å². The van der Waals surface area contributed by atoms with Crippen LogP contribution in [0.1, 0.15) is 16.7 Å². The van der Waals surface area contributed by atoms with E-state index in [1.54, 1.807) is 12.1 Å². The molecule has 168 valence electrons. The molecule has 1 heterocycles. The second-order valence-electron chi connectivity index (χ2n) is 7.09. The standard InChI is InChI=1S/C21H22F3NO4S2/c1-15-6-8-17(9-7-15)31(27,28)25-11-13-30-14-19(25)20(26)29-12-10-16-4-2-3-5-18(16)21(22,23)24/h2-9,19H,10-14H2,1H3/t19-/m0/s1. The van der Waals surface area contributed by atoms with E-state index < -0.39 is 33.8 Å². The van der Waals surface area contributed by atoms with E-state index >= 15 is 0 Å². The Morgan fingerprint density at radius 2 is 1.84 bits per heavy atom. The Bertz CT molecular complexity index is 1020. The first-order valence-electron chi connectivity index (χ1n) is 9.58. The highest BCUT2D eigenvalue weighted by Gasteiger charge is 2.39. The Kier molecular flexibility index (Phi) is 7.33. The zero-order chi connectivity index (χ0) is 22.6. The molecule has 1 saturated heterocycles. The molecule has 0 bridgehead atoms. The predicted molar refractivity (Wildman–Crippen MR) is 112 cm³/mol. The number of nitrogens with zero attached hydrogens (tertiary/aromatic N) is 1. The van der Waals surface area contributed by atoms with Crippen molar-refractivity contribution >= 4 is 27.8 Å². The molecule has 0 saturated carbocycles. The van der Waals surface area contributed by atoms with Crippen molar-refractivity contribution in [3.63, 3.8) is 0 Å². The number of esters is 1. The first-order valence-corrected chi connectivity index (χ1v) is 12.2. The molecule has 1 atom stereocenters. The lowest BCUT2D eigenvalue weighted by molar-refractivity contribution is -0.147. The van der Waals surface area contributed by atoms with Gasteiger partial charge in [0.05, 0.1) is 17.1 Å². The van der Waals surface area contributed by atoms with Crippen molar-refractivity contribution in [2.75, 3.05) is 24.7 Å². The van der Waals surface area contributed by atoms with Gasteiger partial charge >= 0.3 is 12.1 Å². The van der Waals surface area contributed by atoms with Crippen molar-refractivity contribution < 1.29 is 31.1 Å². The Labute approximate surface area is 183 Å². The molecule has 31 heavy (non-hydrogen) atoms. The third-order valence-corrected chi connectivity index (χ3v) is 7.86. The second kappa shape index (κ2) is 9.62. The number of hydrogen-bond donors (Lipinski definition) is 0. The number of benzene rings is 2. The molecule has 2 aromatic carbocycles. The SMILES string of the molecule is Cc1ccc(S(=O)(=O)N2CCSC[C@H]2C(=O)OCCc2ccccc2C(F)(F)F)cc1. The monoisotopic (exact) mass is 473 g/mol. The largest absolute Gasteiger partial charge is 0.464 e. The summed E-state index contributed by atoms with van der Waals surface area (Å²) >= 11 is 1.43. The fraction of sp³-hybridized carbons (Fsp3) is 0.381. The molecule has 2 aromatic rings. The van der Waals surface area contributed by atoms with Gasteiger partial charge in [-0.05, 0) is 30.7 Å². The van der Waals surface area contributed by atoms with Gasteiger partial charge in [-0.25, -0.2) is 8.42 Å². The van der Waals surface area contributed by atoms with Crippen molar-refractivity contribution in [2.24, 2.45) is 0 Å². The number of carbonyl (C=O) groups excluding carboxylic acids is 1. The van der Waals surface area contributed by atoms with Crippen LogP contribution in [0.3, 0.4) is 0 Å². The van der Waals surface area contributed by atoms with E-state index in [0.29, 0.717) is 5.75 Å². The molecular weight excluding hydrogens is 451 g/mol. The number of hydrogen-bond acceptors (Lipinski definition) is 5. The molecule has 1 aliphatic rings. The zero-order valence-corrected chi connectivity index (χ0v) is 18.4. The minimum absolute atomic E-state index is 0.0185. The normalized spacial score (nSPS) is 18.0. The lowest BCUT2D eigenvalue weighted by atomic mass is 10.0. The van der Waals surface area contributed by atoms with E-state index in [2.05, 4.69) is 0 Å². The molecule has 1 fully saturated rings. The lowest BCUT2D eigenvalue weighted by Gasteiger charge is -2.32. The number of thioether (sulfide) groups is 1. The Hall–Kier alpha value is -2.04. The van der Waals surface area contributed by atoms with Gasteiger partial charge in [-0.2, -0.15) is 29.2 Å². The highest BCUT2D eigenvalue weighted by atomic mass is 32.2. The van der Waals surface area contributed by atoms with Crippen LogP contribution >= 0.6 is 11.8 Å². The summed E-state index contributed by atoms with van der Waals surface area (Å²) in [4.78, 5) is 12.7. The van der Waals surface area contributed by atoms with E-state index in [9.17, 15) is 26.4 Å². The topological polar surface area (TPSA) is 63.7 Å². The summed E-state index contributed by atoms with van der Waals surface area (Å²) in [5, 5.41) is 0. The fourth-order valence-electron chi connectivity index (χ4n) is 3.28. The molecule has 0 unspecified atom stereocenters. The number of aryl methyl sites for hydroxylation is 1. The second-order valence-corrected chi connectivity index (χ2v) is 10.1. The predicted octanol–water partition coefficient (Wildman–Crippen LogP) is 3.91. The van der Waals surface area contributed by atoms with Gasteiger partial charge in [0, 0.05) is 24.5 Å². The lowest BCUT2D eigenvalue weighted by Crippen LogP contribution is -2.50. The number of sulfonamides is 1. The van der Waals surface area contributed by atoms with Crippen LogP contribution in [0.25, 0.3) is 0 Å². The molecule has 0 aromatic heterocycles. The fourth-order valence-corrected chi connectivity index (χ4v) is 6.10. The van der Waals surface area contributed by atoms with Crippen molar-refractivity contribution in [1.82, 2.24) is 4.31 Å². The molecule has 0 spiro atoms. The van der Waals surface area contributed by atoms with Gasteiger partial charge in [0.2, 0.25) is 10.0 Å². The molecule has 0 aliphatic carbocycles.